The molecule has 3 rings (SSSR count). The van der Waals surface area contributed by atoms with E-state index in [0.29, 0.717) is 33.8 Å². The normalized spacial score (nSPS) is 14.7. The van der Waals surface area contributed by atoms with Gasteiger partial charge in [0.05, 0.1) is 16.7 Å². The first-order chi connectivity index (χ1) is 11.2. The van der Waals surface area contributed by atoms with Crippen LogP contribution in [0.15, 0.2) is 30.5 Å². The van der Waals surface area contributed by atoms with Crippen LogP contribution in [0.2, 0.25) is 10.0 Å². The van der Waals surface area contributed by atoms with E-state index in [4.69, 9.17) is 33.2 Å². The molecule has 6 heteroatoms. The van der Waals surface area contributed by atoms with Gasteiger partial charge in [-0.3, -0.25) is 4.90 Å². The van der Waals surface area contributed by atoms with Crippen molar-refractivity contribution >= 4 is 23.2 Å². The standard InChI is InChI=1S/C17H15Cl2N3O/c18-14-3-4-15(23-16-9-12(10-20)5-6-21-16)17(19)13(14)11-22-7-1-2-8-22/h3-6,9H,1-2,7-8,11H2. The molecule has 2 heterocycles. The number of aromatic nitrogens is 1. The van der Waals surface area contributed by atoms with Crippen LogP contribution in [0.3, 0.4) is 0 Å². The van der Waals surface area contributed by atoms with E-state index in [0.717, 1.165) is 18.7 Å². The molecule has 1 aliphatic heterocycles. The van der Waals surface area contributed by atoms with Gasteiger partial charge in [0.15, 0.2) is 0 Å². The molecule has 0 unspecified atom stereocenters. The van der Waals surface area contributed by atoms with E-state index in [1.165, 1.54) is 19.0 Å². The van der Waals surface area contributed by atoms with Crippen LogP contribution in [0.25, 0.3) is 0 Å². The molecule has 23 heavy (non-hydrogen) atoms. The number of hydrogen-bond donors (Lipinski definition) is 0. The first-order valence-corrected chi connectivity index (χ1v) is 8.16. The SMILES string of the molecule is N#Cc1ccnc(Oc2ccc(Cl)c(CN3CCCC3)c2Cl)c1. The molecule has 0 N–H and O–H groups in total. The Balaban J connectivity index is 1.86. The maximum Gasteiger partial charge on any atom is 0.220 e. The van der Waals surface area contributed by atoms with Crippen molar-refractivity contribution in [2.75, 3.05) is 13.1 Å². The minimum Gasteiger partial charge on any atom is -0.437 e. The number of hydrogen-bond acceptors (Lipinski definition) is 4. The van der Waals surface area contributed by atoms with Crippen molar-refractivity contribution < 1.29 is 4.74 Å². The highest BCUT2D eigenvalue weighted by atomic mass is 35.5. The quantitative estimate of drug-likeness (QED) is 0.807. The molecule has 0 saturated carbocycles. The molecule has 118 valence electrons. The number of nitrogens with zero attached hydrogens (tertiary/aromatic N) is 3. The van der Waals surface area contributed by atoms with Crippen molar-refractivity contribution in [3.05, 3.63) is 51.6 Å². The zero-order chi connectivity index (χ0) is 16.2. The van der Waals surface area contributed by atoms with Crippen molar-refractivity contribution in [2.45, 2.75) is 19.4 Å². The van der Waals surface area contributed by atoms with Crippen LogP contribution in [0, 0.1) is 11.3 Å². The molecule has 0 atom stereocenters. The third-order valence-electron chi connectivity index (χ3n) is 3.81. The highest BCUT2D eigenvalue weighted by Gasteiger charge is 2.18. The number of halogens is 2. The average molecular weight is 348 g/mol. The minimum absolute atomic E-state index is 0.334. The second kappa shape index (κ2) is 7.18. The minimum atomic E-state index is 0.334. The summed E-state index contributed by atoms with van der Waals surface area (Å²) in [5.74, 6) is 0.827. The lowest BCUT2D eigenvalue weighted by Gasteiger charge is -2.18. The first-order valence-electron chi connectivity index (χ1n) is 7.40. The van der Waals surface area contributed by atoms with Gasteiger partial charge >= 0.3 is 0 Å². The summed E-state index contributed by atoms with van der Waals surface area (Å²) in [6.07, 6.45) is 3.94. The molecule has 0 bridgehead atoms. The van der Waals surface area contributed by atoms with Gasteiger partial charge < -0.3 is 4.74 Å². The molecule has 1 aliphatic rings. The Hall–Kier alpha value is -1.80. The van der Waals surface area contributed by atoms with Crippen molar-refractivity contribution in [1.29, 1.82) is 5.26 Å². The predicted octanol–water partition coefficient (Wildman–Crippen LogP) is 4.65. The van der Waals surface area contributed by atoms with Crippen LogP contribution in [0.5, 0.6) is 11.6 Å². The predicted molar refractivity (Wildman–Crippen MR) is 90.0 cm³/mol. The van der Waals surface area contributed by atoms with Gasteiger partial charge in [0.2, 0.25) is 5.88 Å². The van der Waals surface area contributed by atoms with Crippen LogP contribution in [-0.2, 0) is 6.54 Å². The molecule has 4 nitrogen and oxygen atoms in total. The monoisotopic (exact) mass is 347 g/mol. The van der Waals surface area contributed by atoms with Gasteiger partial charge in [-0.05, 0) is 44.1 Å². The number of ether oxygens (including phenoxy) is 1. The van der Waals surface area contributed by atoms with Gasteiger partial charge in [0.25, 0.3) is 0 Å². The zero-order valence-electron chi connectivity index (χ0n) is 12.4. The Bertz CT molecular complexity index is 752. The summed E-state index contributed by atoms with van der Waals surface area (Å²) in [6.45, 7) is 2.83. The van der Waals surface area contributed by atoms with E-state index in [1.54, 1.807) is 24.3 Å². The summed E-state index contributed by atoms with van der Waals surface area (Å²) in [5, 5.41) is 10.1. The molecule has 0 radical (unpaired) electrons. The fraction of sp³-hybridized carbons (Fsp3) is 0.294. The molecular formula is C17H15Cl2N3O. The zero-order valence-corrected chi connectivity index (χ0v) is 13.9. The average Bonchev–Trinajstić information content (AvgIpc) is 3.07. The first kappa shape index (κ1) is 16.1. The Morgan fingerprint density at radius 3 is 2.74 bits per heavy atom. The number of nitriles is 1. The number of likely N-dealkylation sites (tertiary alicyclic amines) is 1. The van der Waals surface area contributed by atoms with Gasteiger partial charge in [-0.15, -0.1) is 0 Å². The molecule has 1 aromatic heterocycles. The fourth-order valence-corrected chi connectivity index (χ4v) is 3.14. The van der Waals surface area contributed by atoms with Gasteiger partial charge in [-0.2, -0.15) is 5.26 Å². The maximum atomic E-state index is 8.94. The maximum absolute atomic E-state index is 8.94. The smallest absolute Gasteiger partial charge is 0.220 e. The molecule has 0 amide bonds. The Kier molecular flexibility index (Phi) is 5.02. The summed E-state index contributed by atoms with van der Waals surface area (Å²) in [5.41, 5.74) is 1.35. The molecule has 1 fully saturated rings. The molecule has 2 aromatic rings. The van der Waals surface area contributed by atoms with Gasteiger partial charge in [0.1, 0.15) is 5.75 Å². The summed E-state index contributed by atoms with van der Waals surface area (Å²) >= 11 is 12.8. The van der Waals surface area contributed by atoms with E-state index >= 15 is 0 Å². The van der Waals surface area contributed by atoms with Gasteiger partial charge in [-0.25, -0.2) is 4.98 Å². The topological polar surface area (TPSA) is 49.1 Å². The third-order valence-corrected chi connectivity index (χ3v) is 4.58. The summed E-state index contributed by atoms with van der Waals surface area (Å²) < 4.78 is 5.74. The molecule has 0 spiro atoms. The lowest BCUT2D eigenvalue weighted by molar-refractivity contribution is 0.331. The van der Waals surface area contributed by atoms with Crippen molar-refractivity contribution in [2.24, 2.45) is 0 Å². The lowest BCUT2D eigenvalue weighted by atomic mass is 10.2. The van der Waals surface area contributed by atoms with E-state index in [9.17, 15) is 0 Å². The van der Waals surface area contributed by atoms with Crippen LogP contribution in [-0.4, -0.2) is 23.0 Å². The summed E-state index contributed by atoms with van der Waals surface area (Å²) in [7, 11) is 0. The Labute approximate surface area is 145 Å². The highest BCUT2D eigenvalue weighted by molar-refractivity contribution is 6.36. The van der Waals surface area contributed by atoms with Crippen LogP contribution in [0.1, 0.15) is 24.0 Å². The Morgan fingerprint density at radius 2 is 2.00 bits per heavy atom. The van der Waals surface area contributed by atoms with E-state index in [-0.39, 0.29) is 0 Å². The van der Waals surface area contributed by atoms with Crippen LogP contribution < -0.4 is 4.74 Å². The van der Waals surface area contributed by atoms with Gasteiger partial charge in [0, 0.05) is 29.4 Å². The third kappa shape index (κ3) is 3.76. The molecular weight excluding hydrogens is 333 g/mol. The van der Waals surface area contributed by atoms with E-state index in [2.05, 4.69) is 16.0 Å². The summed E-state index contributed by atoms with van der Waals surface area (Å²) in [6, 6.07) is 8.75. The largest absolute Gasteiger partial charge is 0.437 e. The van der Waals surface area contributed by atoms with Crippen molar-refractivity contribution in [1.82, 2.24) is 9.88 Å². The second-order valence-electron chi connectivity index (χ2n) is 5.42. The van der Waals surface area contributed by atoms with Crippen LogP contribution >= 0.6 is 23.2 Å². The second-order valence-corrected chi connectivity index (χ2v) is 6.20. The van der Waals surface area contributed by atoms with Gasteiger partial charge in [-0.1, -0.05) is 23.2 Å². The Morgan fingerprint density at radius 1 is 1.22 bits per heavy atom. The molecule has 0 aliphatic carbocycles. The molecule has 1 aromatic carbocycles. The lowest BCUT2D eigenvalue weighted by Crippen LogP contribution is -2.18. The summed E-state index contributed by atoms with van der Waals surface area (Å²) in [4.78, 5) is 6.43. The number of rotatable bonds is 4. The highest BCUT2D eigenvalue weighted by Crippen LogP contribution is 2.36. The van der Waals surface area contributed by atoms with Crippen LogP contribution in [0.4, 0.5) is 0 Å². The number of benzene rings is 1. The number of pyridine rings is 1. The van der Waals surface area contributed by atoms with Crippen molar-refractivity contribution in [3.8, 4) is 17.7 Å². The van der Waals surface area contributed by atoms with E-state index < -0.39 is 0 Å². The molecule has 1 saturated heterocycles. The fourth-order valence-electron chi connectivity index (χ4n) is 2.61. The van der Waals surface area contributed by atoms with E-state index in [1.807, 2.05) is 0 Å². The van der Waals surface area contributed by atoms with Crippen molar-refractivity contribution in [3.63, 3.8) is 0 Å².